The van der Waals surface area contributed by atoms with E-state index >= 15 is 0 Å². The van der Waals surface area contributed by atoms with Crippen LogP contribution in [0.1, 0.15) is 18.4 Å². The normalized spacial score (nSPS) is 17.4. The molecule has 2 aromatic rings. The number of amides is 1. The van der Waals surface area contributed by atoms with Crippen LogP contribution in [0.15, 0.2) is 42.5 Å². The Bertz CT molecular complexity index is 808. The summed E-state index contributed by atoms with van der Waals surface area (Å²) in [5.74, 6) is -1.81. The largest absolute Gasteiger partial charge is 0.419 e. The smallest absolute Gasteiger partial charge is 0.360 e. The number of carbonyl (C=O) groups excluding carboxylic acids is 1. The monoisotopic (exact) mass is 386 g/mol. The van der Waals surface area contributed by atoms with Gasteiger partial charge >= 0.3 is 6.18 Å². The number of anilines is 2. The molecule has 1 saturated heterocycles. The van der Waals surface area contributed by atoms with Gasteiger partial charge in [-0.2, -0.15) is 13.2 Å². The van der Waals surface area contributed by atoms with Crippen molar-refractivity contribution in [3.63, 3.8) is 0 Å². The van der Waals surface area contributed by atoms with Crippen molar-refractivity contribution in [3.05, 3.63) is 58.9 Å². The second-order valence-corrected chi connectivity index (χ2v) is 6.45. The number of hydrogen-bond donors (Lipinski definition) is 1. The van der Waals surface area contributed by atoms with Crippen LogP contribution in [-0.2, 0) is 11.0 Å². The Morgan fingerprint density at radius 1 is 1.15 bits per heavy atom. The van der Waals surface area contributed by atoms with Crippen molar-refractivity contribution < 1.29 is 22.4 Å². The van der Waals surface area contributed by atoms with Crippen molar-refractivity contribution in [3.8, 4) is 0 Å². The summed E-state index contributed by atoms with van der Waals surface area (Å²) in [7, 11) is 0. The summed E-state index contributed by atoms with van der Waals surface area (Å²) in [4.78, 5) is 14.4. The van der Waals surface area contributed by atoms with Crippen molar-refractivity contribution in [2.75, 3.05) is 16.8 Å². The lowest BCUT2D eigenvalue weighted by molar-refractivity contribution is -0.139. The van der Waals surface area contributed by atoms with Crippen molar-refractivity contribution in [2.45, 2.75) is 25.1 Å². The number of benzene rings is 2. The van der Waals surface area contributed by atoms with Crippen molar-refractivity contribution in [1.29, 1.82) is 0 Å². The summed E-state index contributed by atoms with van der Waals surface area (Å²) >= 11 is 5.87. The van der Waals surface area contributed by atoms with E-state index in [9.17, 15) is 22.4 Å². The lowest BCUT2D eigenvalue weighted by Gasteiger charge is -2.26. The average Bonchev–Trinajstić information content (AvgIpc) is 3.04. The predicted octanol–water partition coefficient (Wildman–Crippen LogP) is 5.11. The van der Waals surface area contributed by atoms with Gasteiger partial charge in [-0.15, -0.1) is 0 Å². The number of rotatable bonds is 3. The highest BCUT2D eigenvalue weighted by molar-refractivity contribution is 6.30. The molecule has 0 spiro atoms. The fraction of sp³-hybridized carbons (Fsp3) is 0.278. The highest BCUT2D eigenvalue weighted by Crippen LogP contribution is 2.33. The molecule has 0 aliphatic carbocycles. The van der Waals surface area contributed by atoms with Crippen molar-refractivity contribution >= 4 is 28.9 Å². The van der Waals surface area contributed by atoms with Crippen LogP contribution < -0.4 is 10.2 Å². The second-order valence-electron chi connectivity index (χ2n) is 6.01. The van der Waals surface area contributed by atoms with Gasteiger partial charge in [-0.1, -0.05) is 11.6 Å². The quantitative estimate of drug-likeness (QED) is 0.744. The molecule has 0 unspecified atom stereocenters. The molecule has 26 heavy (non-hydrogen) atoms. The maximum absolute atomic E-state index is 13.7. The van der Waals surface area contributed by atoms with Crippen LogP contribution in [0.2, 0.25) is 5.02 Å². The van der Waals surface area contributed by atoms with Gasteiger partial charge in [-0.05, 0) is 55.3 Å². The third-order valence-corrected chi connectivity index (χ3v) is 4.51. The molecule has 0 bridgehead atoms. The van der Waals surface area contributed by atoms with Gasteiger partial charge in [0.15, 0.2) is 0 Å². The zero-order valence-electron chi connectivity index (χ0n) is 13.5. The standard InChI is InChI=1S/C18H15ClF4N2O/c19-11-3-6-13(7-4-11)25-9-1-2-16(25)17(26)24-12-5-8-14(15(20)10-12)18(21,22)23/h3-8,10,16H,1-2,9H2,(H,24,26)/t16-/m0/s1. The summed E-state index contributed by atoms with van der Waals surface area (Å²) in [5, 5.41) is 3.08. The first kappa shape index (κ1) is 18.5. The number of hydrogen-bond acceptors (Lipinski definition) is 2. The van der Waals surface area contributed by atoms with Gasteiger partial charge in [0, 0.05) is 22.9 Å². The van der Waals surface area contributed by atoms with Crippen LogP contribution in [0.5, 0.6) is 0 Å². The minimum Gasteiger partial charge on any atom is -0.360 e. The molecule has 1 heterocycles. The molecule has 0 aromatic heterocycles. The minimum absolute atomic E-state index is 0.0107. The Balaban J connectivity index is 1.75. The van der Waals surface area contributed by atoms with E-state index in [-0.39, 0.29) is 5.69 Å². The van der Waals surface area contributed by atoms with Gasteiger partial charge in [0.2, 0.25) is 5.91 Å². The SMILES string of the molecule is O=C(Nc1ccc(C(F)(F)F)c(F)c1)[C@@H]1CCCN1c1ccc(Cl)cc1. The van der Waals surface area contributed by atoms with E-state index in [4.69, 9.17) is 11.6 Å². The van der Waals surface area contributed by atoms with E-state index in [0.717, 1.165) is 18.2 Å². The Morgan fingerprint density at radius 3 is 2.46 bits per heavy atom. The van der Waals surface area contributed by atoms with Gasteiger partial charge in [0.05, 0.1) is 5.56 Å². The van der Waals surface area contributed by atoms with Crippen LogP contribution in [-0.4, -0.2) is 18.5 Å². The third-order valence-electron chi connectivity index (χ3n) is 4.26. The van der Waals surface area contributed by atoms with E-state index < -0.39 is 29.5 Å². The van der Waals surface area contributed by atoms with E-state index in [0.29, 0.717) is 30.1 Å². The van der Waals surface area contributed by atoms with E-state index in [1.165, 1.54) is 0 Å². The molecular weight excluding hydrogens is 372 g/mol. The molecule has 3 rings (SSSR count). The molecule has 1 atom stereocenters. The summed E-state index contributed by atoms with van der Waals surface area (Å²) in [6.07, 6.45) is -3.39. The Kier molecular flexibility index (Phi) is 5.09. The third kappa shape index (κ3) is 3.93. The van der Waals surface area contributed by atoms with Crippen molar-refractivity contribution in [1.82, 2.24) is 0 Å². The van der Waals surface area contributed by atoms with Gasteiger partial charge in [0.25, 0.3) is 0 Å². The second kappa shape index (κ2) is 7.15. The number of nitrogens with zero attached hydrogens (tertiary/aromatic N) is 1. The molecule has 1 aliphatic rings. The molecule has 1 amide bonds. The van der Waals surface area contributed by atoms with Gasteiger partial charge in [-0.25, -0.2) is 4.39 Å². The molecule has 3 nitrogen and oxygen atoms in total. The molecule has 0 saturated carbocycles. The first-order valence-corrected chi connectivity index (χ1v) is 8.33. The van der Waals surface area contributed by atoms with E-state index in [1.807, 2.05) is 4.90 Å². The minimum atomic E-state index is -4.77. The highest BCUT2D eigenvalue weighted by atomic mass is 35.5. The maximum Gasteiger partial charge on any atom is 0.419 e. The predicted molar refractivity (Wildman–Crippen MR) is 91.9 cm³/mol. The van der Waals surface area contributed by atoms with Crippen LogP contribution in [0.3, 0.4) is 0 Å². The molecule has 0 radical (unpaired) electrons. The van der Waals surface area contributed by atoms with Crippen LogP contribution in [0, 0.1) is 5.82 Å². The van der Waals surface area contributed by atoms with Crippen LogP contribution in [0.25, 0.3) is 0 Å². The zero-order valence-corrected chi connectivity index (χ0v) is 14.2. The molecule has 138 valence electrons. The first-order chi connectivity index (χ1) is 12.3. The lowest BCUT2D eigenvalue weighted by Crippen LogP contribution is -2.39. The number of carbonyl (C=O) groups is 1. The lowest BCUT2D eigenvalue weighted by atomic mass is 10.1. The molecule has 1 N–H and O–H groups in total. The highest BCUT2D eigenvalue weighted by Gasteiger charge is 2.34. The zero-order chi connectivity index (χ0) is 18.9. The first-order valence-electron chi connectivity index (χ1n) is 7.95. The topological polar surface area (TPSA) is 32.3 Å². The Labute approximate surface area is 152 Å². The van der Waals surface area contributed by atoms with Crippen LogP contribution in [0.4, 0.5) is 28.9 Å². The number of alkyl halides is 3. The number of nitrogens with one attached hydrogen (secondary N) is 1. The summed E-state index contributed by atoms with van der Waals surface area (Å²) in [6, 6.07) is 8.90. The molecular formula is C18H15ClF4N2O. The molecule has 1 aliphatic heterocycles. The van der Waals surface area contributed by atoms with Gasteiger partial charge in [-0.3, -0.25) is 4.79 Å². The van der Waals surface area contributed by atoms with Gasteiger partial charge in [0.1, 0.15) is 11.9 Å². The molecule has 2 aromatic carbocycles. The summed E-state index contributed by atoms with van der Waals surface area (Å²) < 4.78 is 51.5. The number of halogens is 5. The Morgan fingerprint density at radius 2 is 1.85 bits per heavy atom. The van der Waals surface area contributed by atoms with Crippen LogP contribution >= 0.6 is 11.6 Å². The molecule has 8 heteroatoms. The maximum atomic E-state index is 13.7. The van der Waals surface area contributed by atoms with Crippen molar-refractivity contribution in [2.24, 2.45) is 0 Å². The summed E-state index contributed by atoms with van der Waals surface area (Å²) in [6.45, 7) is 0.668. The average molecular weight is 387 g/mol. The molecule has 1 fully saturated rings. The van der Waals surface area contributed by atoms with Gasteiger partial charge < -0.3 is 10.2 Å². The fourth-order valence-electron chi connectivity index (χ4n) is 3.03. The fourth-order valence-corrected chi connectivity index (χ4v) is 3.16. The summed E-state index contributed by atoms with van der Waals surface area (Å²) in [5.41, 5.74) is -0.548. The Hall–Kier alpha value is -2.28. The van der Waals surface area contributed by atoms with E-state index in [2.05, 4.69) is 5.32 Å². The van der Waals surface area contributed by atoms with E-state index in [1.54, 1.807) is 24.3 Å².